The van der Waals surface area contributed by atoms with E-state index < -0.39 is 0 Å². The quantitative estimate of drug-likeness (QED) is 0.811. The molecular formula is C14H17Cl2N3O. The van der Waals surface area contributed by atoms with E-state index in [0.29, 0.717) is 18.0 Å². The van der Waals surface area contributed by atoms with Crippen molar-refractivity contribution in [2.24, 2.45) is 0 Å². The molecule has 0 saturated heterocycles. The Morgan fingerprint density at radius 1 is 1.45 bits per heavy atom. The van der Waals surface area contributed by atoms with Gasteiger partial charge in [0, 0.05) is 27.1 Å². The van der Waals surface area contributed by atoms with Crippen LogP contribution >= 0.6 is 23.2 Å². The fourth-order valence-electron chi connectivity index (χ4n) is 2.10. The van der Waals surface area contributed by atoms with E-state index in [2.05, 4.69) is 4.98 Å². The van der Waals surface area contributed by atoms with Gasteiger partial charge in [-0.25, -0.2) is 4.98 Å². The third-order valence-corrected chi connectivity index (χ3v) is 3.66. The molecule has 20 heavy (non-hydrogen) atoms. The van der Waals surface area contributed by atoms with Crippen LogP contribution in [0.2, 0.25) is 5.02 Å². The number of carbonyl (C=O) groups excluding carboxylic acids is 1. The predicted molar refractivity (Wildman–Crippen MR) is 82.3 cm³/mol. The lowest BCUT2D eigenvalue weighted by molar-refractivity contribution is -0.128. The minimum absolute atomic E-state index is 0.0713. The van der Waals surface area contributed by atoms with Gasteiger partial charge in [0.25, 0.3) is 0 Å². The van der Waals surface area contributed by atoms with Crippen molar-refractivity contribution < 1.29 is 4.79 Å². The minimum Gasteiger partial charge on any atom is -0.349 e. The van der Waals surface area contributed by atoms with Crippen molar-refractivity contribution >= 4 is 40.1 Å². The van der Waals surface area contributed by atoms with E-state index in [1.54, 1.807) is 25.1 Å². The maximum atomic E-state index is 11.8. The van der Waals surface area contributed by atoms with Gasteiger partial charge in [0.1, 0.15) is 11.3 Å². The average molecular weight is 314 g/mol. The number of benzene rings is 1. The van der Waals surface area contributed by atoms with Crippen LogP contribution in [0.5, 0.6) is 0 Å². The van der Waals surface area contributed by atoms with Crippen LogP contribution in [0.4, 0.5) is 0 Å². The maximum absolute atomic E-state index is 11.8. The SMILES string of the molecule is CC(Cl)c1nc2c(Cl)cccc2n1CCC(=O)N(C)C. The van der Waals surface area contributed by atoms with E-state index in [9.17, 15) is 4.79 Å². The summed E-state index contributed by atoms with van der Waals surface area (Å²) in [4.78, 5) is 17.8. The van der Waals surface area contributed by atoms with Gasteiger partial charge in [0.15, 0.2) is 0 Å². The first-order chi connectivity index (χ1) is 9.41. The van der Waals surface area contributed by atoms with E-state index >= 15 is 0 Å². The average Bonchev–Trinajstić information content (AvgIpc) is 2.76. The first-order valence-corrected chi connectivity index (χ1v) is 7.22. The number of amides is 1. The summed E-state index contributed by atoms with van der Waals surface area (Å²) in [6, 6.07) is 5.62. The standard InChI is InChI=1S/C14H17Cl2N3O/c1-9(15)14-17-13-10(16)5-4-6-11(13)19(14)8-7-12(20)18(2)3/h4-6,9H,7-8H2,1-3H3. The first-order valence-electron chi connectivity index (χ1n) is 6.40. The van der Waals surface area contributed by atoms with Crippen LogP contribution in [-0.2, 0) is 11.3 Å². The molecule has 0 fully saturated rings. The molecule has 108 valence electrons. The number of carbonyl (C=O) groups is 1. The van der Waals surface area contributed by atoms with Gasteiger partial charge >= 0.3 is 0 Å². The zero-order valence-electron chi connectivity index (χ0n) is 11.7. The molecule has 0 spiro atoms. The van der Waals surface area contributed by atoms with Crippen molar-refractivity contribution in [3.8, 4) is 0 Å². The summed E-state index contributed by atoms with van der Waals surface area (Å²) < 4.78 is 1.97. The van der Waals surface area contributed by atoms with Gasteiger partial charge in [0.2, 0.25) is 5.91 Å². The van der Waals surface area contributed by atoms with Gasteiger partial charge < -0.3 is 9.47 Å². The van der Waals surface area contributed by atoms with Crippen molar-refractivity contribution in [1.82, 2.24) is 14.5 Å². The monoisotopic (exact) mass is 313 g/mol. The smallest absolute Gasteiger partial charge is 0.223 e. The van der Waals surface area contributed by atoms with Gasteiger partial charge in [-0.1, -0.05) is 17.7 Å². The molecule has 0 aliphatic heterocycles. The largest absolute Gasteiger partial charge is 0.349 e. The zero-order chi connectivity index (χ0) is 14.9. The number of aryl methyl sites for hydroxylation is 1. The highest BCUT2D eigenvalue weighted by Crippen LogP contribution is 2.28. The van der Waals surface area contributed by atoms with Crippen LogP contribution in [0.1, 0.15) is 24.5 Å². The summed E-state index contributed by atoms with van der Waals surface area (Å²) in [5.74, 6) is 0.809. The Hall–Kier alpha value is -1.26. The van der Waals surface area contributed by atoms with Crippen LogP contribution in [0.15, 0.2) is 18.2 Å². The molecule has 1 aromatic carbocycles. The highest BCUT2D eigenvalue weighted by Gasteiger charge is 2.17. The highest BCUT2D eigenvalue weighted by molar-refractivity contribution is 6.35. The predicted octanol–water partition coefficient (Wildman–Crippen LogP) is 3.47. The molecule has 2 rings (SSSR count). The van der Waals surface area contributed by atoms with E-state index in [-0.39, 0.29) is 11.3 Å². The van der Waals surface area contributed by atoms with Crippen molar-refractivity contribution in [2.45, 2.75) is 25.3 Å². The number of nitrogens with zero attached hydrogens (tertiary/aromatic N) is 3. The molecule has 0 saturated carbocycles. The Bertz CT molecular complexity index is 635. The maximum Gasteiger partial charge on any atom is 0.223 e. The van der Waals surface area contributed by atoms with E-state index in [1.165, 1.54) is 0 Å². The van der Waals surface area contributed by atoms with Crippen molar-refractivity contribution in [3.63, 3.8) is 0 Å². The van der Waals surface area contributed by atoms with Crippen LogP contribution in [0, 0.1) is 0 Å². The first kappa shape index (κ1) is 15.1. The number of alkyl halides is 1. The van der Waals surface area contributed by atoms with Gasteiger partial charge in [-0.2, -0.15) is 0 Å². The zero-order valence-corrected chi connectivity index (χ0v) is 13.2. The Morgan fingerprint density at radius 3 is 2.75 bits per heavy atom. The molecule has 6 heteroatoms. The summed E-state index contributed by atoms with van der Waals surface area (Å²) in [6.45, 7) is 2.40. The van der Waals surface area contributed by atoms with Crippen molar-refractivity contribution in [3.05, 3.63) is 29.0 Å². The Labute approximate surface area is 128 Å². The normalized spacial score (nSPS) is 12.7. The van der Waals surface area contributed by atoms with Gasteiger partial charge in [-0.15, -0.1) is 11.6 Å². The fraction of sp³-hybridized carbons (Fsp3) is 0.429. The molecule has 1 unspecified atom stereocenters. The molecule has 2 aromatic rings. The molecule has 4 nitrogen and oxygen atoms in total. The molecule has 1 amide bonds. The number of para-hydroxylation sites is 1. The summed E-state index contributed by atoms with van der Waals surface area (Å²) >= 11 is 12.4. The highest BCUT2D eigenvalue weighted by atomic mass is 35.5. The molecule has 0 N–H and O–H groups in total. The number of aromatic nitrogens is 2. The lowest BCUT2D eigenvalue weighted by Gasteiger charge is -2.13. The molecule has 1 atom stereocenters. The van der Waals surface area contributed by atoms with Crippen LogP contribution in [0.3, 0.4) is 0 Å². The van der Waals surface area contributed by atoms with E-state index in [0.717, 1.165) is 16.9 Å². The third-order valence-electron chi connectivity index (χ3n) is 3.16. The van der Waals surface area contributed by atoms with Gasteiger partial charge in [0.05, 0.1) is 15.9 Å². The summed E-state index contributed by atoms with van der Waals surface area (Å²) in [6.07, 6.45) is 0.404. The molecule has 1 aromatic heterocycles. The van der Waals surface area contributed by atoms with E-state index in [1.807, 2.05) is 23.6 Å². The van der Waals surface area contributed by atoms with Crippen molar-refractivity contribution in [2.75, 3.05) is 14.1 Å². The number of imidazole rings is 1. The second kappa shape index (κ2) is 6.02. The van der Waals surface area contributed by atoms with Crippen molar-refractivity contribution in [1.29, 1.82) is 0 Å². The summed E-state index contributed by atoms with van der Waals surface area (Å²) in [5, 5.41) is 0.353. The second-order valence-electron chi connectivity index (χ2n) is 4.88. The lowest BCUT2D eigenvalue weighted by Crippen LogP contribution is -2.23. The second-order valence-corrected chi connectivity index (χ2v) is 5.95. The number of hydrogen-bond donors (Lipinski definition) is 0. The fourth-order valence-corrected chi connectivity index (χ4v) is 2.48. The number of hydrogen-bond acceptors (Lipinski definition) is 2. The summed E-state index contributed by atoms with van der Waals surface area (Å²) in [5.41, 5.74) is 1.64. The Balaban J connectivity index is 2.42. The van der Waals surface area contributed by atoms with E-state index in [4.69, 9.17) is 23.2 Å². The molecule has 0 bridgehead atoms. The summed E-state index contributed by atoms with van der Waals surface area (Å²) in [7, 11) is 3.49. The number of fused-ring (bicyclic) bond motifs is 1. The molecule has 0 aliphatic carbocycles. The third kappa shape index (κ3) is 2.91. The van der Waals surface area contributed by atoms with Crippen LogP contribution in [0.25, 0.3) is 11.0 Å². The molecule has 1 heterocycles. The number of halogens is 2. The van der Waals surface area contributed by atoms with Crippen LogP contribution < -0.4 is 0 Å². The molecular weight excluding hydrogens is 297 g/mol. The van der Waals surface area contributed by atoms with Crippen LogP contribution in [-0.4, -0.2) is 34.5 Å². The topological polar surface area (TPSA) is 38.1 Å². The molecule has 0 aliphatic rings. The Morgan fingerprint density at radius 2 is 2.15 bits per heavy atom. The lowest BCUT2D eigenvalue weighted by atomic mass is 10.3. The minimum atomic E-state index is -0.243. The molecule has 0 radical (unpaired) electrons. The Kier molecular flexibility index (Phi) is 4.55. The van der Waals surface area contributed by atoms with Gasteiger partial charge in [-0.3, -0.25) is 4.79 Å². The van der Waals surface area contributed by atoms with Gasteiger partial charge in [-0.05, 0) is 19.1 Å². The number of rotatable bonds is 4.